The summed E-state index contributed by atoms with van der Waals surface area (Å²) < 4.78 is 0. The van der Waals surface area contributed by atoms with Crippen LogP contribution in [-0.4, -0.2) is 47.2 Å². The summed E-state index contributed by atoms with van der Waals surface area (Å²) in [5.74, 6) is -1.21. The molecule has 1 atom stereocenters. The minimum atomic E-state index is -0.906. The fourth-order valence-electron chi connectivity index (χ4n) is 7.64. The molecule has 5 N–H and O–H groups in total. The molecule has 0 unspecified atom stereocenters. The van der Waals surface area contributed by atoms with Gasteiger partial charge in [0.05, 0.1) is 28.9 Å². The first-order chi connectivity index (χ1) is 27.7. The van der Waals surface area contributed by atoms with E-state index in [1.807, 2.05) is 58.0 Å². The molecular formula is C49H60N4O5. The fraction of sp³-hybridized carbons (Fsp3) is 0.388. The van der Waals surface area contributed by atoms with Gasteiger partial charge in [-0.15, -0.1) is 0 Å². The second-order valence-corrected chi connectivity index (χ2v) is 15.8. The van der Waals surface area contributed by atoms with Gasteiger partial charge in [0.25, 0.3) is 0 Å². The molecule has 3 aromatic rings. The summed E-state index contributed by atoms with van der Waals surface area (Å²) in [4.78, 5) is 40.7. The van der Waals surface area contributed by atoms with E-state index in [0.29, 0.717) is 35.1 Å². The summed E-state index contributed by atoms with van der Waals surface area (Å²) in [5, 5.41) is 31.0. The number of hydrogen-bond donors (Lipinski definition) is 5. The monoisotopic (exact) mass is 784 g/mol. The second-order valence-electron chi connectivity index (χ2n) is 15.8. The molecule has 58 heavy (non-hydrogen) atoms. The zero-order chi connectivity index (χ0) is 42.1. The lowest BCUT2D eigenvalue weighted by Crippen LogP contribution is -1.98. The third-order valence-corrected chi connectivity index (χ3v) is 11.5. The molecule has 2 aliphatic rings. The first-order valence-corrected chi connectivity index (χ1v) is 20.6. The summed E-state index contributed by atoms with van der Waals surface area (Å²) in [5.41, 5.74) is 14.3. The lowest BCUT2D eigenvalue weighted by atomic mass is 9.98. The Bertz CT molecular complexity index is 2380. The number of aromatic nitrogens is 4. The Balaban J connectivity index is 1.56. The molecule has 0 amide bonds. The molecule has 306 valence electrons. The van der Waals surface area contributed by atoms with Gasteiger partial charge in [-0.2, -0.15) is 0 Å². The number of hydrogen-bond acceptors (Lipinski definition) is 5. The molecule has 8 bridgehead atoms. The Morgan fingerprint density at radius 3 is 1.72 bits per heavy atom. The number of aromatic amines is 2. The Kier molecular flexibility index (Phi) is 14.8. The largest absolute Gasteiger partial charge is 0.481 e. The van der Waals surface area contributed by atoms with Gasteiger partial charge in [0.15, 0.2) is 0 Å². The van der Waals surface area contributed by atoms with Gasteiger partial charge in [0, 0.05) is 46.0 Å². The number of nitrogens with one attached hydrogen (secondary N) is 2. The number of rotatable bonds is 18. The van der Waals surface area contributed by atoms with Crippen molar-refractivity contribution in [3.63, 3.8) is 0 Å². The number of nitrogens with zero attached hydrogens (tertiary/aromatic N) is 2. The zero-order valence-corrected chi connectivity index (χ0v) is 35.3. The number of carbonyl (C=O) groups is 2. The van der Waals surface area contributed by atoms with Crippen LogP contribution in [-0.2, 0) is 9.59 Å². The number of aliphatic carboxylic acids is 2. The molecule has 0 fully saturated rings. The highest BCUT2D eigenvalue weighted by Gasteiger charge is 2.23. The quantitative estimate of drug-likeness (QED) is 0.0636. The van der Waals surface area contributed by atoms with Gasteiger partial charge in [-0.25, -0.2) is 9.97 Å². The molecule has 2 aliphatic heterocycles. The summed E-state index contributed by atoms with van der Waals surface area (Å²) in [7, 11) is 0. The molecule has 5 heterocycles. The lowest BCUT2D eigenvalue weighted by molar-refractivity contribution is -0.137. The van der Waals surface area contributed by atoms with Crippen LogP contribution in [0.5, 0.6) is 0 Å². The van der Waals surface area contributed by atoms with E-state index in [4.69, 9.17) is 9.97 Å². The van der Waals surface area contributed by atoms with E-state index < -0.39 is 18.0 Å². The summed E-state index contributed by atoms with van der Waals surface area (Å²) in [6.45, 7) is 18.7. The van der Waals surface area contributed by atoms with Gasteiger partial charge in [-0.05, 0) is 150 Å². The Labute approximate surface area is 342 Å². The molecule has 0 radical (unpaired) electrons. The van der Waals surface area contributed by atoms with Gasteiger partial charge in [-0.1, -0.05) is 62.5 Å². The predicted octanol–water partition coefficient (Wildman–Crippen LogP) is 12.3. The number of aryl methyl sites for hydroxylation is 2. The van der Waals surface area contributed by atoms with Crippen LogP contribution in [0, 0.1) is 19.8 Å². The van der Waals surface area contributed by atoms with Crippen molar-refractivity contribution in [2.75, 3.05) is 0 Å². The second kappa shape index (κ2) is 19.7. The van der Waals surface area contributed by atoms with E-state index in [1.165, 1.54) is 5.57 Å². The van der Waals surface area contributed by atoms with Crippen molar-refractivity contribution in [2.45, 2.75) is 119 Å². The first kappa shape index (κ1) is 43.6. The number of carboxylic acids is 2. The minimum absolute atomic E-state index is 0.0585. The summed E-state index contributed by atoms with van der Waals surface area (Å²) in [6, 6.07) is 7.83. The molecule has 3 aromatic heterocycles. The average Bonchev–Trinajstić information content (AvgIpc) is 3.84. The lowest BCUT2D eigenvalue weighted by Gasteiger charge is -2.10. The number of unbranched alkanes of at least 4 members (excludes halogenated alkanes) is 2. The van der Waals surface area contributed by atoms with Crippen molar-refractivity contribution < 1.29 is 24.9 Å². The highest BCUT2D eigenvalue weighted by Crippen LogP contribution is 2.39. The molecule has 0 aromatic carbocycles. The number of aliphatic hydroxyl groups is 1. The smallest absolute Gasteiger partial charge is 0.303 e. The maximum absolute atomic E-state index is 11.8. The van der Waals surface area contributed by atoms with E-state index >= 15 is 0 Å². The molecule has 0 spiro atoms. The van der Waals surface area contributed by atoms with Gasteiger partial charge < -0.3 is 25.3 Å². The van der Waals surface area contributed by atoms with Gasteiger partial charge in [0.1, 0.15) is 0 Å². The highest BCUT2D eigenvalue weighted by molar-refractivity contribution is 5.97. The van der Waals surface area contributed by atoms with E-state index in [-0.39, 0.29) is 25.7 Å². The number of carboxylic acid groups (broad SMARTS) is 2. The van der Waals surface area contributed by atoms with Crippen LogP contribution in [0.25, 0.3) is 50.4 Å². The third-order valence-electron chi connectivity index (χ3n) is 11.5. The molecule has 5 rings (SSSR count). The van der Waals surface area contributed by atoms with E-state index in [0.717, 1.165) is 98.7 Å². The SMILES string of the molecule is C=Cc1c(C)c2cc3[nH]c(cc4nc(cc5nc(cc1[nH]2)C(C)=C5CCC(=O)O)C(CCC(=O)O)=C4C)c(C)c3[C@@H](O)CC/C=C\CC/C=C\CC/C=C(\C)C(C)C. The minimum Gasteiger partial charge on any atom is -0.481 e. The number of H-pyrrole nitrogens is 2. The average molecular weight is 785 g/mol. The van der Waals surface area contributed by atoms with E-state index in [2.05, 4.69) is 67.7 Å². The van der Waals surface area contributed by atoms with Gasteiger partial charge >= 0.3 is 11.9 Å². The molecule has 0 saturated carbocycles. The fourth-order valence-corrected chi connectivity index (χ4v) is 7.64. The van der Waals surface area contributed by atoms with Crippen LogP contribution in [0.4, 0.5) is 0 Å². The standard InChI is InChI=1S/C49H60N4O5/c1-9-35-31(5)40-27-45-49(46(54)20-18-16-14-12-10-11-13-15-17-19-30(4)29(2)3)34(8)41(53-45)25-38-32(6)36(21-23-47(55)56)43(51-38)28-44-37(22-24-48(57)58)33(7)39(52-44)26-42(35)50-40/h9,11,13-14,16,19,25-29,46,50,53-54H,1,10,12,15,17-18,20-24H2,2-8H3,(H,55,56)(H,57,58)/b13-11-,16-14-,30-19+,38-25?,39-26?,40-27?,41-25?,42-26?,43-28?,44-28?,45-27?/t46-/m0/s1. The molecule has 9 nitrogen and oxygen atoms in total. The number of fused-ring (bicyclic) bond motifs is 8. The van der Waals surface area contributed by atoms with Crippen molar-refractivity contribution in [3.05, 3.63) is 112 Å². The van der Waals surface area contributed by atoms with Crippen molar-refractivity contribution >= 4 is 62.4 Å². The maximum Gasteiger partial charge on any atom is 0.303 e. The third kappa shape index (κ3) is 10.5. The van der Waals surface area contributed by atoms with Gasteiger partial charge in [0.2, 0.25) is 0 Å². The van der Waals surface area contributed by atoms with Crippen molar-refractivity contribution in [1.29, 1.82) is 0 Å². The summed E-state index contributed by atoms with van der Waals surface area (Å²) >= 11 is 0. The number of allylic oxidation sites excluding steroid dienone is 10. The van der Waals surface area contributed by atoms with E-state index in [9.17, 15) is 24.9 Å². The Morgan fingerprint density at radius 2 is 1.19 bits per heavy atom. The van der Waals surface area contributed by atoms with Crippen LogP contribution in [0.15, 0.2) is 66.8 Å². The van der Waals surface area contributed by atoms with Crippen LogP contribution in [0.2, 0.25) is 0 Å². The Morgan fingerprint density at radius 1 is 0.690 bits per heavy atom. The molecule has 9 heteroatoms. The van der Waals surface area contributed by atoms with Crippen molar-refractivity contribution in [1.82, 2.24) is 19.9 Å². The molecule has 0 saturated heterocycles. The van der Waals surface area contributed by atoms with Crippen LogP contribution < -0.4 is 0 Å². The van der Waals surface area contributed by atoms with Crippen LogP contribution in [0.1, 0.15) is 150 Å². The summed E-state index contributed by atoms with van der Waals surface area (Å²) in [6.07, 6.45) is 18.1. The number of aliphatic hydroxyl groups excluding tert-OH is 1. The van der Waals surface area contributed by atoms with Gasteiger partial charge in [-0.3, -0.25) is 9.59 Å². The maximum atomic E-state index is 11.8. The highest BCUT2D eigenvalue weighted by atomic mass is 16.4. The Hall–Kier alpha value is -5.54. The molecule has 0 aliphatic carbocycles. The van der Waals surface area contributed by atoms with E-state index in [1.54, 1.807) is 0 Å². The van der Waals surface area contributed by atoms with Crippen LogP contribution >= 0.6 is 0 Å². The van der Waals surface area contributed by atoms with Crippen molar-refractivity contribution in [2.24, 2.45) is 5.92 Å². The van der Waals surface area contributed by atoms with Crippen LogP contribution in [0.3, 0.4) is 0 Å². The topological polar surface area (TPSA) is 152 Å². The predicted molar refractivity (Wildman–Crippen MR) is 239 cm³/mol. The zero-order valence-electron chi connectivity index (χ0n) is 35.3. The molecular weight excluding hydrogens is 725 g/mol. The normalized spacial score (nSPS) is 14.1. The van der Waals surface area contributed by atoms with Crippen molar-refractivity contribution in [3.8, 4) is 0 Å². The first-order valence-electron chi connectivity index (χ1n) is 20.6.